The molecule has 0 saturated carbocycles. The van der Waals surface area contributed by atoms with Gasteiger partial charge in [0.25, 0.3) is 11.4 Å². The predicted molar refractivity (Wildman–Crippen MR) is 139 cm³/mol. The number of nitrogens with zero attached hydrogens (tertiary/aromatic N) is 3. The van der Waals surface area contributed by atoms with E-state index in [-0.39, 0.29) is 23.7 Å². The summed E-state index contributed by atoms with van der Waals surface area (Å²) in [4.78, 5) is 35.0. The third kappa shape index (κ3) is 5.99. The molecule has 1 heterocycles. The van der Waals surface area contributed by atoms with E-state index >= 15 is 0 Å². The average Bonchev–Trinajstić information content (AvgIpc) is 3.25. The molecule has 10 heteroatoms. The average molecular weight is 503 g/mol. The van der Waals surface area contributed by atoms with Crippen molar-refractivity contribution < 1.29 is 19.4 Å². The van der Waals surface area contributed by atoms with Crippen LogP contribution in [-0.4, -0.2) is 40.6 Å². The van der Waals surface area contributed by atoms with Crippen LogP contribution < -0.4 is 5.32 Å². The standard InChI is InChI=1S/C27H26N4O6/c1-37-13-12-28-27(32)16-23(20-8-5-9-21(14-20)30(33)34)25-18-29(17-19-6-3-2-4-7-19)26-11-10-22(31(35)36)15-24(25)26/h2-11,14-15,18,23H,12-13,16-17H2,1H3,(H,28,32)/t23-/m0/s1. The number of fused-ring (bicyclic) bond motifs is 1. The number of nitrogens with one attached hydrogen (secondary N) is 1. The van der Waals surface area contributed by atoms with E-state index in [0.29, 0.717) is 36.2 Å². The second kappa shape index (κ2) is 11.4. The lowest BCUT2D eigenvalue weighted by Crippen LogP contribution is -2.28. The van der Waals surface area contributed by atoms with Gasteiger partial charge in [-0.15, -0.1) is 0 Å². The number of carbonyl (C=O) groups excluding carboxylic acids is 1. The number of ether oxygens (including phenoxy) is 1. The first-order chi connectivity index (χ1) is 17.9. The van der Waals surface area contributed by atoms with Gasteiger partial charge in [0, 0.05) is 73.9 Å². The highest BCUT2D eigenvalue weighted by atomic mass is 16.6. The van der Waals surface area contributed by atoms with Gasteiger partial charge in [-0.3, -0.25) is 25.0 Å². The van der Waals surface area contributed by atoms with Gasteiger partial charge >= 0.3 is 0 Å². The fraction of sp³-hybridized carbons (Fsp3) is 0.222. The summed E-state index contributed by atoms with van der Waals surface area (Å²) in [5.41, 5.74) is 2.88. The monoisotopic (exact) mass is 502 g/mol. The highest BCUT2D eigenvalue weighted by Gasteiger charge is 2.25. The molecule has 0 radical (unpaired) electrons. The van der Waals surface area contributed by atoms with Gasteiger partial charge in [-0.1, -0.05) is 42.5 Å². The van der Waals surface area contributed by atoms with E-state index in [2.05, 4.69) is 5.32 Å². The van der Waals surface area contributed by atoms with Crippen molar-refractivity contribution in [2.45, 2.75) is 18.9 Å². The Hall–Kier alpha value is -4.57. The summed E-state index contributed by atoms with van der Waals surface area (Å²) in [6, 6.07) is 20.6. The Morgan fingerprint density at radius 3 is 2.41 bits per heavy atom. The van der Waals surface area contributed by atoms with Crippen molar-refractivity contribution in [1.82, 2.24) is 9.88 Å². The van der Waals surface area contributed by atoms with Crippen molar-refractivity contribution in [3.8, 4) is 0 Å². The lowest BCUT2D eigenvalue weighted by atomic mass is 9.87. The molecule has 37 heavy (non-hydrogen) atoms. The Morgan fingerprint density at radius 2 is 1.70 bits per heavy atom. The highest BCUT2D eigenvalue weighted by molar-refractivity contribution is 5.88. The van der Waals surface area contributed by atoms with Crippen LogP contribution >= 0.6 is 0 Å². The van der Waals surface area contributed by atoms with E-state index in [1.165, 1.54) is 31.4 Å². The number of nitro groups is 2. The number of rotatable bonds is 11. The van der Waals surface area contributed by atoms with Crippen molar-refractivity contribution >= 4 is 28.2 Å². The first kappa shape index (κ1) is 25.5. The maximum absolute atomic E-state index is 12.9. The molecule has 0 aliphatic heterocycles. The van der Waals surface area contributed by atoms with Crippen LogP contribution in [0.2, 0.25) is 0 Å². The molecular formula is C27H26N4O6. The minimum absolute atomic E-state index is 0.00196. The number of aromatic nitrogens is 1. The number of amides is 1. The topological polar surface area (TPSA) is 130 Å². The number of methoxy groups -OCH3 is 1. The third-order valence-corrected chi connectivity index (χ3v) is 6.18. The summed E-state index contributed by atoms with van der Waals surface area (Å²) in [5, 5.41) is 26.5. The number of nitro benzene ring substituents is 2. The lowest BCUT2D eigenvalue weighted by molar-refractivity contribution is -0.385. The Bertz CT molecular complexity index is 1430. The van der Waals surface area contributed by atoms with Crippen molar-refractivity contribution in [2.24, 2.45) is 0 Å². The van der Waals surface area contributed by atoms with E-state index in [1.807, 2.05) is 41.1 Å². The minimum atomic E-state index is -0.580. The molecule has 10 nitrogen and oxygen atoms in total. The summed E-state index contributed by atoms with van der Waals surface area (Å²) >= 11 is 0. The van der Waals surface area contributed by atoms with E-state index in [1.54, 1.807) is 18.2 Å². The Kier molecular flexibility index (Phi) is 7.89. The van der Waals surface area contributed by atoms with Crippen LogP contribution in [0.5, 0.6) is 0 Å². The molecule has 1 amide bonds. The summed E-state index contributed by atoms with van der Waals surface area (Å²) < 4.78 is 6.99. The maximum atomic E-state index is 12.9. The van der Waals surface area contributed by atoms with Crippen LogP contribution in [0.25, 0.3) is 10.9 Å². The molecule has 1 aromatic heterocycles. The van der Waals surface area contributed by atoms with Gasteiger partial charge in [-0.05, 0) is 22.8 Å². The maximum Gasteiger partial charge on any atom is 0.270 e. The van der Waals surface area contributed by atoms with Gasteiger partial charge in [0.2, 0.25) is 5.91 Å². The molecule has 190 valence electrons. The molecule has 0 unspecified atom stereocenters. The van der Waals surface area contributed by atoms with Crippen LogP contribution in [0.4, 0.5) is 11.4 Å². The van der Waals surface area contributed by atoms with Gasteiger partial charge in [0.15, 0.2) is 0 Å². The Balaban J connectivity index is 1.86. The van der Waals surface area contributed by atoms with Gasteiger partial charge in [-0.2, -0.15) is 0 Å². The van der Waals surface area contributed by atoms with Gasteiger partial charge in [0.05, 0.1) is 16.5 Å². The normalized spacial score (nSPS) is 11.8. The number of benzene rings is 3. The molecule has 3 aromatic carbocycles. The zero-order valence-corrected chi connectivity index (χ0v) is 20.2. The molecule has 0 fully saturated rings. The zero-order chi connectivity index (χ0) is 26.4. The molecular weight excluding hydrogens is 476 g/mol. The quantitative estimate of drug-likeness (QED) is 0.178. The molecule has 0 saturated heterocycles. The van der Waals surface area contributed by atoms with Crippen molar-refractivity contribution in [3.63, 3.8) is 0 Å². The Morgan fingerprint density at radius 1 is 0.973 bits per heavy atom. The fourth-order valence-electron chi connectivity index (χ4n) is 4.43. The number of carbonyl (C=O) groups is 1. The molecule has 0 aliphatic carbocycles. The largest absolute Gasteiger partial charge is 0.383 e. The van der Waals surface area contributed by atoms with Crippen LogP contribution in [0, 0.1) is 20.2 Å². The van der Waals surface area contributed by atoms with E-state index in [0.717, 1.165) is 11.1 Å². The van der Waals surface area contributed by atoms with E-state index < -0.39 is 15.8 Å². The lowest BCUT2D eigenvalue weighted by Gasteiger charge is -2.17. The molecule has 0 bridgehead atoms. The minimum Gasteiger partial charge on any atom is -0.383 e. The van der Waals surface area contributed by atoms with Crippen LogP contribution in [-0.2, 0) is 16.1 Å². The number of hydrogen-bond donors (Lipinski definition) is 1. The van der Waals surface area contributed by atoms with Crippen molar-refractivity contribution in [3.05, 3.63) is 116 Å². The van der Waals surface area contributed by atoms with Crippen molar-refractivity contribution in [1.29, 1.82) is 0 Å². The summed E-state index contributed by atoms with van der Waals surface area (Å²) in [5.74, 6) is -0.841. The van der Waals surface area contributed by atoms with Gasteiger partial charge in [-0.25, -0.2) is 0 Å². The van der Waals surface area contributed by atoms with E-state index in [9.17, 15) is 25.0 Å². The summed E-state index contributed by atoms with van der Waals surface area (Å²) in [6.07, 6.45) is 1.88. The summed E-state index contributed by atoms with van der Waals surface area (Å²) in [7, 11) is 1.53. The van der Waals surface area contributed by atoms with Crippen LogP contribution in [0.15, 0.2) is 79.0 Å². The first-order valence-electron chi connectivity index (χ1n) is 11.7. The highest BCUT2D eigenvalue weighted by Crippen LogP contribution is 2.37. The van der Waals surface area contributed by atoms with Crippen molar-refractivity contribution in [2.75, 3.05) is 20.3 Å². The Labute approximate surface area is 212 Å². The third-order valence-electron chi connectivity index (χ3n) is 6.18. The summed E-state index contributed by atoms with van der Waals surface area (Å²) in [6.45, 7) is 1.17. The molecule has 4 rings (SSSR count). The van der Waals surface area contributed by atoms with Crippen LogP contribution in [0.3, 0.4) is 0 Å². The number of hydrogen-bond acceptors (Lipinski definition) is 6. The second-order valence-electron chi connectivity index (χ2n) is 8.61. The molecule has 1 N–H and O–H groups in total. The predicted octanol–water partition coefficient (Wildman–Crippen LogP) is 4.79. The molecule has 1 atom stereocenters. The SMILES string of the molecule is COCCNC(=O)C[C@@H](c1cccc([N+](=O)[O-])c1)c1cn(Cc2ccccc2)c2ccc([N+](=O)[O-])cc12. The van der Waals surface area contributed by atoms with Gasteiger partial charge < -0.3 is 14.6 Å². The number of non-ortho nitro benzene ring substituents is 2. The molecule has 0 spiro atoms. The van der Waals surface area contributed by atoms with Crippen LogP contribution in [0.1, 0.15) is 29.0 Å². The molecule has 0 aliphatic rings. The first-order valence-corrected chi connectivity index (χ1v) is 11.7. The van der Waals surface area contributed by atoms with E-state index in [4.69, 9.17) is 4.74 Å². The zero-order valence-electron chi connectivity index (χ0n) is 20.2. The smallest absolute Gasteiger partial charge is 0.270 e. The second-order valence-corrected chi connectivity index (χ2v) is 8.61. The fourth-order valence-corrected chi connectivity index (χ4v) is 4.43. The molecule has 4 aromatic rings. The van der Waals surface area contributed by atoms with Gasteiger partial charge in [0.1, 0.15) is 0 Å².